The number of ether oxygens (including phenoxy) is 1. The fourth-order valence-corrected chi connectivity index (χ4v) is 1.88. The van der Waals surface area contributed by atoms with Gasteiger partial charge in [-0.25, -0.2) is 9.59 Å². The molecule has 1 unspecified atom stereocenters. The maximum atomic E-state index is 12.0. The molecule has 2 rings (SSSR count). The van der Waals surface area contributed by atoms with Crippen LogP contribution in [0.4, 0.5) is 16.2 Å². The number of urea groups is 1. The van der Waals surface area contributed by atoms with Crippen LogP contribution in [-0.2, 0) is 9.53 Å². The highest BCUT2D eigenvalue weighted by molar-refractivity contribution is 5.98. The molecule has 0 bridgehead atoms. The fourth-order valence-electron chi connectivity index (χ4n) is 1.88. The number of rotatable bonds is 6. The summed E-state index contributed by atoms with van der Waals surface area (Å²) in [6, 6.07) is 2.99. The van der Waals surface area contributed by atoms with E-state index in [4.69, 9.17) is 10.5 Å². The minimum Gasteiger partial charge on any atom is -0.449 e. The normalized spacial score (nSPS) is 14.4. The van der Waals surface area contributed by atoms with E-state index < -0.39 is 28.9 Å². The maximum absolute atomic E-state index is 12.0. The molecule has 1 aromatic carbocycles. The topological polar surface area (TPSA) is 154 Å². The van der Waals surface area contributed by atoms with Gasteiger partial charge in [0.15, 0.2) is 6.10 Å². The van der Waals surface area contributed by atoms with Crippen molar-refractivity contribution in [3.63, 3.8) is 0 Å². The third kappa shape index (κ3) is 4.41. The minimum absolute atomic E-state index is 0.0817. The van der Waals surface area contributed by atoms with Gasteiger partial charge < -0.3 is 15.8 Å². The smallest absolute Gasteiger partial charge is 0.339 e. The Bertz CT molecular complexity index is 701. The average molecular weight is 336 g/mol. The molecular weight excluding hydrogens is 320 g/mol. The highest BCUT2D eigenvalue weighted by atomic mass is 16.6. The first-order valence-electron chi connectivity index (χ1n) is 7.14. The van der Waals surface area contributed by atoms with Gasteiger partial charge in [0.2, 0.25) is 0 Å². The molecule has 10 nitrogen and oxygen atoms in total. The van der Waals surface area contributed by atoms with Gasteiger partial charge in [-0.3, -0.25) is 20.2 Å². The first-order valence-corrected chi connectivity index (χ1v) is 7.14. The highest BCUT2D eigenvalue weighted by Crippen LogP contribution is 2.31. The molecule has 4 N–H and O–H groups in total. The molecule has 0 aromatic heterocycles. The highest BCUT2D eigenvalue weighted by Gasteiger charge is 2.26. The van der Waals surface area contributed by atoms with E-state index in [1.165, 1.54) is 19.1 Å². The summed E-state index contributed by atoms with van der Waals surface area (Å²) in [4.78, 5) is 44.6. The number of primary amides is 1. The van der Waals surface area contributed by atoms with E-state index in [1.807, 2.05) is 0 Å². The van der Waals surface area contributed by atoms with Crippen LogP contribution in [0.3, 0.4) is 0 Å². The van der Waals surface area contributed by atoms with Crippen molar-refractivity contribution in [3.05, 3.63) is 33.9 Å². The number of benzene rings is 1. The molecule has 1 atom stereocenters. The largest absolute Gasteiger partial charge is 0.449 e. The van der Waals surface area contributed by atoms with Gasteiger partial charge in [0.05, 0.1) is 10.5 Å². The molecule has 24 heavy (non-hydrogen) atoms. The molecule has 10 heteroatoms. The monoisotopic (exact) mass is 336 g/mol. The van der Waals surface area contributed by atoms with Gasteiger partial charge in [0.25, 0.3) is 11.6 Å². The lowest BCUT2D eigenvalue weighted by Crippen LogP contribution is -2.42. The molecule has 1 aliphatic rings. The number of nitrogens with zero attached hydrogens (tertiary/aromatic N) is 1. The van der Waals surface area contributed by atoms with E-state index in [9.17, 15) is 24.5 Å². The van der Waals surface area contributed by atoms with Crippen LogP contribution >= 0.6 is 0 Å². The van der Waals surface area contributed by atoms with Crippen molar-refractivity contribution < 1.29 is 24.0 Å². The minimum atomic E-state index is -1.28. The van der Waals surface area contributed by atoms with Crippen molar-refractivity contribution in [2.75, 3.05) is 5.32 Å². The second-order valence-corrected chi connectivity index (χ2v) is 5.31. The van der Waals surface area contributed by atoms with Gasteiger partial charge in [-0.15, -0.1) is 0 Å². The Morgan fingerprint density at radius 3 is 2.58 bits per heavy atom. The molecule has 0 radical (unpaired) electrons. The molecule has 1 aromatic rings. The van der Waals surface area contributed by atoms with Crippen LogP contribution in [0.1, 0.15) is 30.1 Å². The quantitative estimate of drug-likeness (QED) is 0.396. The van der Waals surface area contributed by atoms with Gasteiger partial charge >= 0.3 is 12.0 Å². The van der Waals surface area contributed by atoms with Crippen molar-refractivity contribution in [1.29, 1.82) is 0 Å². The number of carbonyl (C=O) groups is 3. The number of hydrogen-bond donors (Lipinski definition) is 3. The summed E-state index contributed by atoms with van der Waals surface area (Å²) in [7, 11) is 0. The summed E-state index contributed by atoms with van der Waals surface area (Å²) >= 11 is 0. The Morgan fingerprint density at radius 1 is 1.38 bits per heavy atom. The van der Waals surface area contributed by atoms with E-state index in [2.05, 4.69) is 5.32 Å². The summed E-state index contributed by atoms with van der Waals surface area (Å²) in [5, 5.41) is 15.9. The number of nitro groups is 1. The number of hydrogen-bond acceptors (Lipinski definition) is 7. The predicted octanol–water partition coefficient (Wildman–Crippen LogP) is 0.909. The number of anilines is 1. The lowest BCUT2D eigenvalue weighted by Gasteiger charge is -2.12. The Kier molecular flexibility index (Phi) is 4.97. The standard InChI is InChI=1S/C14H16N4O6/c1-7(12(19)17-14(15)21)24-13(20)8-2-5-10(16-9-3-4-9)11(6-8)18(22)23/h2,5-7,9,16H,3-4H2,1H3,(H3,15,17,19,21). The lowest BCUT2D eigenvalue weighted by molar-refractivity contribution is -0.384. The molecule has 3 amide bonds. The zero-order valence-corrected chi connectivity index (χ0v) is 12.8. The van der Waals surface area contributed by atoms with Gasteiger partial charge in [-0.05, 0) is 31.9 Å². The van der Waals surface area contributed by atoms with E-state index >= 15 is 0 Å². The number of carbonyl (C=O) groups excluding carboxylic acids is 3. The number of imide groups is 1. The second-order valence-electron chi connectivity index (χ2n) is 5.31. The molecule has 0 spiro atoms. The summed E-state index contributed by atoms with van der Waals surface area (Å²) in [5.41, 5.74) is 4.77. The molecule has 1 aliphatic carbocycles. The third-order valence-corrected chi connectivity index (χ3v) is 3.27. The van der Waals surface area contributed by atoms with Crippen LogP contribution in [0.5, 0.6) is 0 Å². The van der Waals surface area contributed by atoms with Crippen LogP contribution < -0.4 is 16.4 Å². The zero-order valence-electron chi connectivity index (χ0n) is 12.8. The summed E-state index contributed by atoms with van der Waals surface area (Å²) in [6.45, 7) is 1.24. The summed E-state index contributed by atoms with van der Waals surface area (Å²) in [6.07, 6.45) is 0.592. The van der Waals surface area contributed by atoms with E-state index in [-0.39, 0.29) is 17.3 Å². The maximum Gasteiger partial charge on any atom is 0.339 e. The second kappa shape index (κ2) is 6.94. The molecule has 0 aliphatic heterocycles. The Labute approximate surface area is 136 Å². The van der Waals surface area contributed by atoms with Crippen molar-refractivity contribution >= 4 is 29.3 Å². The Morgan fingerprint density at radius 2 is 2.04 bits per heavy atom. The van der Waals surface area contributed by atoms with Gasteiger partial charge in [0.1, 0.15) is 5.69 Å². The summed E-state index contributed by atoms with van der Waals surface area (Å²) < 4.78 is 4.87. The molecule has 0 saturated heterocycles. The van der Waals surface area contributed by atoms with Crippen LogP contribution in [0, 0.1) is 10.1 Å². The summed E-state index contributed by atoms with van der Waals surface area (Å²) in [5.74, 6) is -1.82. The Balaban J connectivity index is 2.11. The molecule has 1 fully saturated rings. The van der Waals surface area contributed by atoms with E-state index in [0.29, 0.717) is 5.69 Å². The van der Waals surface area contributed by atoms with Gasteiger partial charge in [0, 0.05) is 12.1 Å². The van der Waals surface area contributed by atoms with Crippen LogP contribution in [0.2, 0.25) is 0 Å². The first kappa shape index (κ1) is 17.2. The molecular formula is C14H16N4O6. The first-order chi connectivity index (χ1) is 11.3. The predicted molar refractivity (Wildman–Crippen MR) is 82.3 cm³/mol. The Hall–Kier alpha value is -3.17. The number of amides is 3. The molecule has 1 saturated carbocycles. The zero-order chi connectivity index (χ0) is 17.9. The van der Waals surface area contributed by atoms with E-state index in [0.717, 1.165) is 18.9 Å². The van der Waals surface area contributed by atoms with Crippen LogP contribution in [0.25, 0.3) is 0 Å². The lowest BCUT2D eigenvalue weighted by atomic mass is 10.1. The van der Waals surface area contributed by atoms with Crippen molar-refractivity contribution in [1.82, 2.24) is 5.32 Å². The van der Waals surface area contributed by atoms with E-state index in [1.54, 1.807) is 5.32 Å². The third-order valence-electron chi connectivity index (χ3n) is 3.27. The SMILES string of the molecule is CC(OC(=O)c1ccc(NC2CC2)c([N+](=O)[O-])c1)C(=O)NC(N)=O. The van der Waals surface area contributed by atoms with Crippen molar-refractivity contribution in [2.24, 2.45) is 5.73 Å². The van der Waals surface area contributed by atoms with Crippen LogP contribution in [0.15, 0.2) is 18.2 Å². The number of nitrogens with one attached hydrogen (secondary N) is 2. The number of nitrogens with two attached hydrogens (primary N) is 1. The number of nitro benzene ring substituents is 1. The van der Waals surface area contributed by atoms with Crippen molar-refractivity contribution in [2.45, 2.75) is 31.9 Å². The van der Waals surface area contributed by atoms with Crippen molar-refractivity contribution in [3.8, 4) is 0 Å². The number of esters is 1. The van der Waals surface area contributed by atoms with Crippen LogP contribution in [-0.4, -0.2) is 35.0 Å². The van der Waals surface area contributed by atoms with Gasteiger partial charge in [-0.1, -0.05) is 0 Å². The fraction of sp³-hybridized carbons (Fsp3) is 0.357. The average Bonchev–Trinajstić information content (AvgIpc) is 3.30. The molecule has 128 valence electrons. The molecule has 0 heterocycles. The van der Waals surface area contributed by atoms with Gasteiger partial charge in [-0.2, -0.15) is 0 Å².